The Labute approximate surface area is 157 Å². The predicted octanol–water partition coefficient (Wildman–Crippen LogP) is 4.36. The summed E-state index contributed by atoms with van der Waals surface area (Å²) < 4.78 is 6.36. The molecule has 1 N–H and O–H groups in total. The molecular formula is C18H24ClN3O2S. The van der Waals surface area contributed by atoms with Gasteiger partial charge in [-0.15, -0.1) is 11.3 Å². The highest BCUT2D eigenvalue weighted by atomic mass is 35.5. The van der Waals surface area contributed by atoms with E-state index in [1.54, 1.807) is 18.2 Å². The van der Waals surface area contributed by atoms with Crippen molar-refractivity contribution >= 4 is 29.0 Å². The number of likely N-dealkylation sites (tertiary alicyclic amines) is 1. The molecular weight excluding hydrogens is 358 g/mol. The van der Waals surface area contributed by atoms with Gasteiger partial charge in [-0.05, 0) is 50.2 Å². The van der Waals surface area contributed by atoms with Crippen molar-refractivity contribution in [1.82, 2.24) is 15.1 Å². The molecule has 1 unspecified atom stereocenters. The molecule has 5 nitrogen and oxygen atoms in total. The maximum Gasteiger partial charge on any atom is 0.317 e. The number of hydrogen-bond donors (Lipinski definition) is 1. The first-order valence-electron chi connectivity index (χ1n) is 8.64. The summed E-state index contributed by atoms with van der Waals surface area (Å²) >= 11 is 7.45. The number of halogens is 1. The Morgan fingerprint density at radius 1 is 1.36 bits per heavy atom. The summed E-state index contributed by atoms with van der Waals surface area (Å²) in [6.45, 7) is 3.19. The van der Waals surface area contributed by atoms with Crippen LogP contribution >= 0.6 is 22.9 Å². The normalized spacial score (nSPS) is 16.6. The third-order valence-corrected chi connectivity index (χ3v) is 5.73. The van der Waals surface area contributed by atoms with Crippen LogP contribution in [0.25, 0.3) is 0 Å². The molecule has 1 fully saturated rings. The van der Waals surface area contributed by atoms with Gasteiger partial charge in [-0.25, -0.2) is 4.79 Å². The lowest BCUT2D eigenvalue weighted by Crippen LogP contribution is -2.43. The molecule has 1 aliphatic heterocycles. The summed E-state index contributed by atoms with van der Waals surface area (Å²) in [4.78, 5) is 17.6. The number of nitrogens with zero attached hydrogens (tertiary/aromatic N) is 2. The Bertz CT molecular complexity index is 668. The lowest BCUT2D eigenvalue weighted by atomic mass is 10.1. The molecule has 1 saturated heterocycles. The molecule has 3 heterocycles. The maximum absolute atomic E-state index is 12.4. The van der Waals surface area contributed by atoms with Crippen molar-refractivity contribution < 1.29 is 9.21 Å². The average Bonchev–Trinajstić information content (AvgIpc) is 3.28. The Hall–Kier alpha value is -1.50. The van der Waals surface area contributed by atoms with Gasteiger partial charge in [-0.2, -0.15) is 0 Å². The summed E-state index contributed by atoms with van der Waals surface area (Å²) in [6, 6.07) is 7.71. The number of carbonyl (C=O) groups is 1. The largest absolute Gasteiger partial charge is 0.468 e. The van der Waals surface area contributed by atoms with E-state index in [1.165, 1.54) is 30.6 Å². The van der Waals surface area contributed by atoms with E-state index in [1.807, 2.05) is 24.3 Å². The first kappa shape index (κ1) is 18.3. The highest BCUT2D eigenvalue weighted by molar-refractivity contribution is 7.16. The number of rotatable bonds is 6. The molecule has 136 valence electrons. The lowest BCUT2D eigenvalue weighted by Gasteiger charge is -2.33. The van der Waals surface area contributed by atoms with E-state index < -0.39 is 0 Å². The van der Waals surface area contributed by atoms with Gasteiger partial charge in [0.1, 0.15) is 5.76 Å². The molecule has 0 aromatic carbocycles. The second-order valence-electron chi connectivity index (χ2n) is 6.38. The molecule has 0 saturated carbocycles. The summed E-state index contributed by atoms with van der Waals surface area (Å²) in [5, 5.41) is 3.05. The number of amides is 2. The van der Waals surface area contributed by atoms with Crippen molar-refractivity contribution in [1.29, 1.82) is 0 Å². The van der Waals surface area contributed by atoms with Gasteiger partial charge in [0.05, 0.1) is 23.2 Å². The summed E-state index contributed by atoms with van der Waals surface area (Å²) in [5.74, 6) is 0.912. The van der Waals surface area contributed by atoms with Crippen LogP contribution in [-0.4, -0.2) is 42.5 Å². The minimum Gasteiger partial charge on any atom is -0.468 e. The van der Waals surface area contributed by atoms with Crippen LogP contribution in [0.5, 0.6) is 0 Å². The van der Waals surface area contributed by atoms with Crippen molar-refractivity contribution in [3.05, 3.63) is 45.5 Å². The lowest BCUT2D eigenvalue weighted by molar-refractivity contribution is 0.140. The van der Waals surface area contributed by atoms with E-state index in [9.17, 15) is 4.79 Å². The highest BCUT2D eigenvalue weighted by Crippen LogP contribution is 2.25. The zero-order chi connectivity index (χ0) is 17.6. The first-order chi connectivity index (χ1) is 12.1. The van der Waals surface area contributed by atoms with Gasteiger partial charge in [0.25, 0.3) is 0 Å². The molecule has 0 radical (unpaired) electrons. The van der Waals surface area contributed by atoms with Crippen LogP contribution in [0.1, 0.15) is 35.9 Å². The molecule has 25 heavy (non-hydrogen) atoms. The number of hydrogen-bond acceptors (Lipinski definition) is 4. The van der Waals surface area contributed by atoms with Crippen LogP contribution < -0.4 is 5.32 Å². The zero-order valence-corrected chi connectivity index (χ0v) is 16.0. The Balaban J connectivity index is 1.57. The highest BCUT2D eigenvalue weighted by Gasteiger charge is 2.25. The van der Waals surface area contributed by atoms with Crippen LogP contribution in [0.2, 0.25) is 4.34 Å². The van der Waals surface area contributed by atoms with Crippen LogP contribution in [0.15, 0.2) is 34.9 Å². The monoisotopic (exact) mass is 381 g/mol. The van der Waals surface area contributed by atoms with Crippen molar-refractivity contribution in [2.24, 2.45) is 0 Å². The van der Waals surface area contributed by atoms with Gasteiger partial charge in [-0.1, -0.05) is 18.0 Å². The molecule has 7 heteroatoms. The Kier molecular flexibility index (Phi) is 6.39. The van der Waals surface area contributed by atoms with E-state index >= 15 is 0 Å². The van der Waals surface area contributed by atoms with Crippen molar-refractivity contribution in [3.8, 4) is 0 Å². The molecule has 0 aliphatic carbocycles. The smallest absolute Gasteiger partial charge is 0.317 e. The van der Waals surface area contributed by atoms with Gasteiger partial charge < -0.3 is 14.6 Å². The van der Waals surface area contributed by atoms with Gasteiger partial charge in [0.15, 0.2) is 0 Å². The number of carbonyl (C=O) groups excluding carboxylic acids is 1. The topological polar surface area (TPSA) is 48.7 Å². The first-order valence-corrected chi connectivity index (χ1v) is 9.83. The van der Waals surface area contributed by atoms with Crippen LogP contribution in [-0.2, 0) is 6.54 Å². The second kappa shape index (κ2) is 8.74. The van der Waals surface area contributed by atoms with E-state index in [0.29, 0.717) is 13.1 Å². The number of furan rings is 1. The third kappa shape index (κ3) is 5.00. The minimum absolute atomic E-state index is 0.0851. The summed E-state index contributed by atoms with van der Waals surface area (Å²) in [6.07, 6.45) is 5.37. The molecule has 1 atom stereocenters. The van der Waals surface area contributed by atoms with E-state index in [2.05, 4.69) is 10.2 Å². The van der Waals surface area contributed by atoms with Gasteiger partial charge in [0.2, 0.25) is 0 Å². The Morgan fingerprint density at radius 3 is 2.80 bits per heavy atom. The number of thiophene rings is 1. The third-order valence-electron chi connectivity index (χ3n) is 4.52. The molecule has 0 spiro atoms. The Morgan fingerprint density at radius 2 is 2.16 bits per heavy atom. The van der Waals surface area contributed by atoms with E-state index in [0.717, 1.165) is 28.1 Å². The summed E-state index contributed by atoms with van der Waals surface area (Å²) in [7, 11) is 1.80. The van der Waals surface area contributed by atoms with E-state index in [4.69, 9.17) is 16.0 Å². The quantitative estimate of drug-likeness (QED) is 0.808. The fraction of sp³-hybridized carbons (Fsp3) is 0.500. The molecule has 2 aromatic rings. The minimum atomic E-state index is -0.0851. The average molecular weight is 382 g/mol. The number of urea groups is 1. The van der Waals surface area contributed by atoms with E-state index in [-0.39, 0.29) is 12.1 Å². The fourth-order valence-electron chi connectivity index (χ4n) is 3.18. The predicted molar refractivity (Wildman–Crippen MR) is 101 cm³/mol. The molecule has 2 aromatic heterocycles. The van der Waals surface area contributed by atoms with Crippen LogP contribution in [0.4, 0.5) is 4.79 Å². The van der Waals surface area contributed by atoms with Crippen molar-refractivity contribution in [2.45, 2.75) is 31.8 Å². The van der Waals surface area contributed by atoms with Gasteiger partial charge >= 0.3 is 6.03 Å². The van der Waals surface area contributed by atoms with Gasteiger partial charge in [0, 0.05) is 18.5 Å². The molecule has 0 bridgehead atoms. The second-order valence-corrected chi connectivity index (χ2v) is 8.18. The van der Waals surface area contributed by atoms with Crippen LogP contribution in [0, 0.1) is 0 Å². The van der Waals surface area contributed by atoms with Crippen molar-refractivity contribution in [2.75, 3.05) is 26.7 Å². The number of nitrogens with one attached hydrogen (secondary N) is 1. The molecule has 1 aliphatic rings. The maximum atomic E-state index is 12.4. The molecule has 3 rings (SSSR count). The summed E-state index contributed by atoms with van der Waals surface area (Å²) in [5.41, 5.74) is 0. The van der Waals surface area contributed by atoms with Gasteiger partial charge in [-0.3, -0.25) is 4.90 Å². The number of piperidine rings is 1. The SMILES string of the molecule is CN(Cc1ccc(Cl)s1)C(=O)NCC(c1ccco1)N1CCCCC1. The fourth-order valence-corrected chi connectivity index (χ4v) is 4.32. The molecule has 2 amide bonds. The zero-order valence-electron chi connectivity index (χ0n) is 14.4. The standard InChI is InChI=1S/C18H24ClN3O2S/c1-21(13-14-7-8-17(19)25-14)18(23)20-12-15(16-6-5-11-24-16)22-9-3-2-4-10-22/h5-8,11,15H,2-4,9-10,12-13H2,1H3,(H,20,23). The van der Waals surface area contributed by atoms with Crippen molar-refractivity contribution in [3.63, 3.8) is 0 Å². The van der Waals surface area contributed by atoms with Crippen LogP contribution in [0.3, 0.4) is 0 Å².